The summed E-state index contributed by atoms with van der Waals surface area (Å²) in [5.74, 6) is -0.122. The van der Waals surface area contributed by atoms with E-state index in [2.05, 4.69) is 22.8 Å². The van der Waals surface area contributed by atoms with Gasteiger partial charge in [0.25, 0.3) is 5.91 Å². The number of hydrogen-bond donors (Lipinski definition) is 2. The van der Waals surface area contributed by atoms with Crippen molar-refractivity contribution in [2.24, 2.45) is 0 Å². The molecule has 4 aromatic carbocycles. The van der Waals surface area contributed by atoms with Gasteiger partial charge in [0.05, 0.1) is 0 Å². The molecule has 0 saturated carbocycles. The van der Waals surface area contributed by atoms with Gasteiger partial charge in [0, 0.05) is 22.6 Å². The lowest BCUT2D eigenvalue weighted by Gasteiger charge is -2.09. The fourth-order valence-electron chi connectivity index (χ4n) is 2.97. The van der Waals surface area contributed by atoms with Gasteiger partial charge in [-0.1, -0.05) is 60.7 Å². The number of benzene rings is 4. The Morgan fingerprint density at radius 3 is 1.64 bits per heavy atom. The molecule has 28 heavy (non-hydrogen) atoms. The van der Waals surface area contributed by atoms with Crippen LogP contribution in [0.5, 0.6) is 0 Å². The number of amides is 1. The number of hydrogen-bond acceptors (Lipinski definition) is 2. The Kier molecular flexibility index (Phi) is 5.16. The van der Waals surface area contributed by atoms with Crippen LogP contribution in [0.4, 0.5) is 17.1 Å². The lowest BCUT2D eigenvalue weighted by atomic mass is 10.0. The predicted molar refractivity (Wildman–Crippen MR) is 116 cm³/mol. The molecule has 2 N–H and O–H groups in total. The van der Waals surface area contributed by atoms with Crippen molar-refractivity contribution in [3.05, 3.63) is 115 Å². The predicted octanol–water partition coefficient (Wildman–Crippen LogP) is 6.35. The summed E-state index contributed by atoms with van der Waals surface area (Å²) in [7, 11) is 0. The maximum Gasteiger partial charge on any atom is 0.255 e. The smallest absolute Gasteiger partial charge is 0.255 e. The fourth-order valence-corrected chi connectivity index (χ4v) is 2.97. The number of para-hydroxylation sites is 1. The van der Waals surface area contributed by atoms with E-state index >= 15 is 0 Å². The highest BCUT2D eigenvalue weighted by atomic mass is 16.1. The average Bonchev–Trinajstić information content (AvgIpc) is 2.76. The molecular formula is C25H20N2O. The zero-order chi connectivity index (χ0) is 19.2. The van der Waals surface area contributed by atoms with E-state index in [-0.39, 0.29) is 5.91 Å². The average molecular weight is 364 g/mol. The fraction of sp³-hybridized carbons (Fsp3) is 0. The third kappa shape index (κ3) is 4.27. The van der Waals surface area contributed by atoms with Crippen LogP contribution >= 0.6 is 0 Å². The second kappa shape index (κ2) is 8.23. The zero-order valence-electron chi connectivity index (χ0n) is 15.3. The van der Waals surface area contributed by atoms with E-state index in [1.165, 1.54) is 0 Å². The Balaban J connectivity index is 1.40. The number of carbonyl (C=O) groups is 1. The molecule has 0 aliphatic carbocycles. The van der Waals surface area contributed by atoms with E-state index in [0.29, 0.717) is 5.56 Å². The third-order valence-corrected chi connectivity index (χ3v) is 4.46. The van der Waals surface area contributed by atoms with Crippen molar-refractivity contribution in [3.8, 4) is 11.1 Å². The summed E-state index contributed by atoms with van der Waals surface area (Å²) in [5.41, 5.74) is 5.61. The first-order valence-corrected chi connectivity index (χ1v) is 9.17. The summed E-state index contributed by atoms with van der Waals surface area (Å²) in [6.07, 6.45) is 0. The van der Waals surface area contributed by atoms with Crippen LogP contribution in [0.2, 0.25) is 0 Å². The zero-order valence-corrected chi connectivity index (χ0v) is 15.3. The Hall–Kier alpha value is -3.85. The van der Waals surface area contributed by atoms with Crippen LogP contribution in [-0.2, 0) is 0 Å². The quantitative estimate of drug-likeness (QED) is 0.433. The minimum atomic E-state index is -0.122. The van der Waals surface area contributed by atoms with Crippen LogP contribution < -0.4 is 10.6 Å². The summed E-state index contributed by atoms with van der Waals surface area (Å²) < 4.78 is 0. The molecule has 0 saturated heterocycles. The van der Waals surface area contributed by atoms with Gasteiger partial charge in [0.1, 0.15) is 0 Å². The van der Waals surface area contributed by atoms with Crippen molar-refractivity contribution in [3.63, 3.8) is 0 Å². The lowest BCUT2D eigenvalue weighted by molar-refractivity contribution is 0.102. The highest BCUT2D eigenvalue weighted by molar-refractivity contribution is 6.04. The van der Waals surface area contributed by atoms with Gasteiger partial charge in [-0.25, -0.2) is 0 Å². The Labute approximate surface area is 164 Å². The molecule has 0 atom stereocenters. The molecule has 0 aromatic heterocycles. The maximum atomic E-state index is 12.5. The van der Waals surface area contributed by atoms with Crippen LogP contribution in [0.25, 0.3) is 11.1 Å². The van der Waals surface area contributed by atoms with Crippen LogP contribution in [-0.4, -0.2) is 5.91 Å². The van der Waals surface area contributed by atoms with Crippen molar-refractivity contribution < 1.29 is 4.79 Å². The van der Waals surface area contributed by atoms with Crippen LogP contribution in [0.1, 0.15) is 10.4 Å². The van der Waals surface area contributed by atoms with E-state index in [1.807, 2.05) is 97.1 Å². The molecule has 136 valence electrons. The van der Waals surface area contributed by atoms with E-state index in [4.69, 9.17) is 0 Å². The molecule has 3 heteroatoms. The van der Waals surface area contributed by atoms with Crippen molar-refractivity contribution in [1.82, 2.24) is 0 Å². The molecule has 0 radical (unpaired) electrons. The molecule has 4 rings (SSSR count). The Morgan fingerprint density at radius 2 is 1.00 bits per heavy atom. The van der Waals surface area contributed by atoms with Crippen LogP contribution in [0.3, 0.4) is 0 Å². The largest absolute Gasteiger partial charge is 0.356 e. The minimum absolute atomic E-state index is 0.122. The molecule has 0 aliphatic rings. The number of nitrogens with one attached hydrogen (secondary N) is 2. The van der Waals surface area contributed by atoms with Gasteiger partial charge < -0.3 is 10.6 Å². The lowest BCUT2D eigenvalue weighted by Crippen LogP contribution is -2.11. The second-order valence-corrected chi connectivity index (χ2v) is 6.47. The summed E-state index contributed by atoms with van der Waals surface area (Å²) in [6, 6.07) is 35.4. The van der Waals surface area contributed by atoms with Gasteiger partial charge in [0.2, 0.25) is 0 Å². The summed E-state index contributed by atoms with van der Waals surface area (Å²) in [4.78, 5) is 12.5. The van der Waals surface area contributed by atoms with Crippen molar-refractivity contribution in [2.45, 2.75) is 0 Å². The first-order valence-electron chi connectivity index (χ1n) is 9.17. The SMILES string of the molecule is O=C(Nc1ccc(Nc2ccccc2)cc1)c1ccc(-c2ccccc2)cc1. The first kappa shape index (κ1) is 17.6. The molecule has 4 aromatic rings. The minimum Gasteiger partial charge on any atom is -0.356 e. The van der Waals surface area contributed by atoms with Gasteiger partial charge in [-0.3, -0.25) is 4.79 Å². The van der Waals surface area contributed by atoms with Crippen molar-refractivity contribution >= 4 is 23.0 Å². The Morgan fingerprint density at radius 1 is 0.500 bits per heavy atom. The molecule has 3 nitrogen and oxygen atoms in total. The third-order valence-electron chi connectivity index (χ3n) is 4.46. The number of anilines is 3. The standard InChI is InChI=1S/C25H20N2O/c28-25(21-13-11-20(12-14-21)19-7-3-1-4-8-19)27-24-17-15-23(16-18-24)26-22-9-5-2-6-10-22/h1-18,26H,(H,27,28). The molecule has 0 bridgehead atoms. The topological polar surface area (TPSA) is 41.1 Å². The van der Waals surface area contributed by atoms with Crippen molar-refractivity contribution in [2.75, 3.05) is 10.6 Å². The van der Waals surface area contributed by atoms with E-state index in [9.17, 15) is 4.79 Å². The molecular weight excluding hydrogens is 344 g/mol. The van der Waals surface area contributed by atoms with Gasteiger partial charge >= 0.3 is 0 Å². The van der Waals surface area contributed by atoms with Crippen molar-refractivity contribution in [1.29, 1.82) is 0 Å². The van der Waals surface area contributed by atoms with E-state index in [0.717, 1.165) is 28.2 Å². The normalized spacial score (nSPS) is 10.3. The van der Waals surface area contributed by atoms with Crippen LogP contribution in [0, 0.1) is 0 Å². The monoisotopic (exact) mass is 364 g/mol. The molecule has 0 fully saturated rings. The molecule has 0 heterocycles. The van der Waals surface area contributed by atoms with Gasteiger partial charge in [0.15, 0.2) is 0 Å². The summed E-state index contributed by atoms with van der Waals surface area (Å²) in [5, 5.41) is 6.27. The number of carbonyl (C=O) groups excluding carboxylic acids is 1. The second-order valence-electron chi connectivity index (χ2n) is 6.47. The van der Waals surface area contributed by atoms with E-state index in [1.54, 1.807) is 0 Å². The number of rotatable bonds is 5. The maximum absolute atomic E-state index is 12.5. The molecule has 0 spiro atoms. The molecule has 0 aliphatic heterocycles. The van der Waals surface area contributed by atoms with Gasteiger partial charge in [-0.15, -0.1) is 0 Å². The molecule has 1 amide bonds. The highest BCUT2D eigenvalue weighted by Gasteiger charge is 2.07. The van der Waals surface area contributed by atoms with Gasteiger partial charge in [-0.05, 0) is 59.7 Å². The van der Waals surface area contributed by atoms with Crippen LogP contribution in [0.15, 0.2) is 109 Å². The molecule has 0 unspecified atom stereocenters. The van der Waals surface area contributed by atoms with E-state index < -0.39 is 0 Å². The summed E-state index contributed by atoms with van der Waals surface area (Å²) in [6.45, 7) is 0. The highest BCUT2D eigenvalue weighted by Crippen LogP contribution is 2.21. The first-order chi connectivity index (χ1) is 13.8. The Bertz CT molecular complexity index is 1040. The summed E-state index contributed by atoms with van der Waals surface area (Å²) >= 11 is 0. The van der Waals surface area contributed by atoms with Gasteiger partial charge in [-0.2, -0.15) is 0 Å².